The quantitative estimate of drug-likeness (QED) is 0.614. The van der Waals surface area contributed by atoms with Gasteiger partial charge in [0.2, 0.25) is 5.91 Å². The molecule has 1 fully saturated rings. The predicted octanol–water partition coefficient (Wildman–Crippen LogP) is 3.05. The third kappa shape index (κ3) is 4.94. The molecule has 3 rings (SSSR count). The van der Waals surface area contributed by atoms with Crippen LogP contribution in [0.4, 0.5) is 11.4 Å². The maximum absolute atomic E-state index is 12.6. The third-order valence-corrected chi connectivity index (χ3v) is 5.18. The van der Waals surface area contributed by atoms with Crippen LogP contribution in [0.2, 0.25) is 0 Å². The van der Waals surface area contributed by atoms with Gasteiger partial charge in [-0.1, -0.05) is 42.0 Å². The Bertz CT molecular complexity index is 847. The van der Waals surface area contributed by atoms with E-state index in [2.05, 4.69) is 46.3 Å². The summed E-state index contributed by atoms with van der Waals surface area (Å²) < 4.78 is 0. The number of rotatable bonds is 6. The summed E-state index contributed by atoms with van der Waals surface area (Å²) in [5.41, 5.74) is 2.71. The second kappa shape index (κ2) is 8.95. The number of benzene rings is 2. The number of aryl methyl sites for hydroxylation is 1. The van der Waals surface area contributed by atoms with Crippen LogP contribution in [0.5, 0.6) is 0 Å². The van der Waals surface area contributed by atoms with Crippen molar-refractivity contribution >= 4 is 17.3 Å². The van der Waals surface area contributed by atoms with Gasteiger partial charge in [-0.2, -0.15) is 0 Å². The smallest absolute Gasteiger partial charge is 0.292 e. The molecule has 0 spiro atoms. The minimum atomic E-state index is -0.482. The summed E-state index contributed by atoms with van der Waals surface area (Å²) in [6.45, 7) is 8.20. The lowest BCUT2D eigenvalue weighted by molar-refractivity contribution is -0.383. The molecule has 1 heterocycles. The summed E-state index contributed by atoms with van der Waals surface area (Å²) in [6, 6.07) is 14.4. The minimum absolute atomic E-state index is 0.0916. The topological polar surface area (TPSA) is 78.7 Å². The molecule has 0 aromatic heterocycles. The van der Waals surface area contributed by atoms with Gasteiger partial charge in [0.15, 0.2) is 0 Å². The highest BCUT2D eigenvalue weighted by Gasteiger charge is 2.27. The van der Waals surface area contributed by atoms with E-state index >= 15 is 0 Å². The van der Waals surface area contributed by atoms with Gasteiger partial charge in [0.1, 0.15) is 5.69 Å². The first-order valence-electron chi connectivity index (χ1n) is 9.50. The van der Waals surface area contributed by atoms with Gasteiger partial charge < -0.3 is 5.32 Å². The molecule has 0 radical (unpaired) electrons. The Balaban J connectivity index is 1.54. The van der Waals surface area contributed by atoms with Crippen molar-refractivity contribution in [3.05, 3.63) is 69.8 Å². The van der Waals surface area contributed by atoms with Crippen molar-refractivity contribution in [1.29, 1.82) is 0 Å². The number of amides is 1. The highest BCUT2D eigenvalue weighted by Crippen LogP contribution is 2.23. The van der Waals surface area contributed by atoms with Crippen molar-refractivity contribution in [2.45, 2.75) is 26.4 Å². The number of para-hydroxylation sites is 2. The first kappa shape index (κ1) is 20.0. The number of anilines is 1. The largest absolute Gasteiger partial charge is 0.319 e. The van der Waals surface area contributed by atoms with Gasteiger partial charge in [-0.25, -0.2) is 0 Å². The van der Waals surface area contributed by atoms with Crippen molar-refractivity contribution in [3.63, 3.8) is 0 Å². The number of hydrogen-bond acceptors (Lipinski definition) is 5. The molecule has 28 heavy (non-hydrogen) atoms. The summed E-state index contributed by atoms with van der Waals surface area (Å²) in [5.74, 6) is -0.221. The Hall–Kier alpha value is -2.77. The van der Waals surface area contributed by atoms with E-state index in [0.717, 1.165) is 32.7 Å². The lowest BCUT2D eigenvalue weighted by Crippen LogP contribution is -2.52. The summed E-state index contributed by atoms with van der Waals surface area (Å²) >= 11 is 0. The van der Waals surface area contributed by atoms with Gasteiger partial charge >= 0.3 is 0 Å². The Morgan fingerprint density at radius 1 is 1.14 bits per heavy atom. The van der Waals surface area contributed by atoms with Crippen LogP contribution in [-0.4, -0.2) is 52.9 Å². The van der Waals surface area contributed by atoms with Gasteiger partial charge in [0, 0.05) is 38.8 Å². The molecule has 0 saturated carbocycles. The monoisotopic (exact) mass is 382 g/mol. The van der Waals surface area contributed by atoms with E-state index in [9.17, 15) is 14.9 Å². The fourth-order valence-corrected chi connectivity index (χ4v) is 3.52. The average Bonchev–Trinajstić information content (AvgIpc) is 2.68. The Labute approximate surface area is 165 Å². The number of carbonyl (C=O) groups is 1. The van der Waals surface area contributed by atoms with Crippen LogP contribution in [0.15, 0.2) is 48.5 Å². The second-order valence-electron chi connectivity index (χ2n) is 7.24. The van der Waals surface area contributed by atoms with Crippen molar-refractivity contribution in [2.75, 3.05) is 31.5 Å². The van der Waals surface area contributed by atoms with Crippen molar-refractivity contribution in [1.82, 2.24) is 9.80 Å². The first-order valence-corrected chi connectivity index (χ1v) is 9.50. The molecular weight excluding hydrogens is 356 g/mol. The van der Waals surface area contributed by atoms with E-state index in [1.165, 1.54) is 17.2 Å². The average molecular weight is 382 g/mol. The Morgan fingerprint density at radius 3 is 2.54 bits per heavy atom. The molecule has 1 N–H and O–H groups in total. The number of nitro benzene ring substituents is 1. The summed E-state index contributed by atoms with van der Waals surface area (Å²) in [7, 11) is 0. The van der Waals surface area contributed by atoms with Gasteiger partial charge in [-0.05, 0) is 25.5 Å². The SMILES string of the molecule is Cc1cccc(CN2CCN([C@H](C)C(=O)Nc3ccccc3[N+](=O)[O-])CC2)c1. The Kier molecular flexibility index (Phi) is 6.38. The molecular formula is C21H26N4O3. The minimum Gasteiger partial charge on any atom is -0.319 e. The number of nitrogens with one attached hydrogen (secondary N) is 1. The zero-order valence-electron chi connectivity index (χ0n) is 16.3. The third-order valence-electron chi connectivity index (χ3n) is 5.18. The number of carbonyl (C=O) groups excluding carboxylic acids is 1. The second-order valence-corrected chi connectivity index (χ2v) is 7.24. The maximum atomic E-state index is 12.6. The van der Waals surface area contributed by atoms with Crippen LogP contribution in [0.25, 0.3) is 0 Å². The van der Waals surface area contributed by atoms with Crippen LogP contribution in [-0.2, 0) is 11.3 Å². The lowest BCUT2D eigenvalue weighted by atomic mass is 10.1. The first-order chi connectivity index (χ1) is 13.4. The molecule has 1 aliphatic rings. The maximum Gasteiger partial charge on any atom is 0.292 e. The van der Waals surface area contributed by atoms with Crippen molar-refractivity contribution in [3.8, 4) is 0 Å². The molecule has 0 bridgehead atoms. The van der Waals surface area contributed by atoms with Crippen molar-refractivity contribution in [2.24, 2.45) is 0 Å². The molecule has 1 amide bonds. The number of hydrogen-bond donors (Lipinski definition) is 1. The molecule has 148 valence electrons. The van der Waals surface area contributed by atoms with E-state index in [4.69, 9.17) is 0 Å². The zero-order valence-corrected chi connectivity index (χ0v) is 16.3. The van der Waals surface area contributed by atoms with E-state index in [-0.39, 0.29) is 23.3 Å². The van der Waals surface area contributed by atoms with Gasteiger partial charge in [-0.3, -0.25) is 24.7 Å². The summed E-state index contributed by atoms with van der Waals surface area (Å²) in [5, 5.41) is 13.8. The molecule has 7 nitrogen and oxygen atoms in total. The standard InChI is InChI=1S/C21H26N4O3/c1-16-6-5-7-18(14-16)15-23-10-12-24(13-11-23)17(2)21(26)22-19-8-3-4-9-20(19)25(27)28/h3-9,14,17H,10-13,15H2,1-2H3,(H,22,26)/t17-/m1/s1. The van der Waals surface area contributed by atoms with E-state index in [1.807, 2.05) is 6.92 Å². The summed E-state index contributed by atoms with van der Waals surface area (Å²) in [4.78, 5) is 27.8. The highest BCUT2D eigenvalue weighted by atomic mass is 16.6. The fourth-order valence-electron chi connectivity index (χ4n) is 3.52. The van der Waals surface area contributed by atoms with E-state index in [1.54, 1.807) is 18.2 Å². The number of piperazine rings is 1. The van der Waals surface area contributed by atoms with Gasteiger partial charge in [-0.15, -0.1) is 0 Å². The lowest BCUT2D eigenvalue weighted by Gasteiger charge is -2.37. The molecule has 7 heteroatoms. The van der Waals surface area contributed by atoms with Crippen LogP contribution in [0.1, 0.15) is 18.1 Å². The molecule has 0 aliphatic carbocycles. The van der Waals surface area contributed by atoms with Gasteiger partial charge in [0.25, 0.3) is 5.69 Å². The van der Waals surface area contributed by atoms with Crippen LogP contribution >= 0.6 is 0 Å². The molecule has 1 atom stereocenters. The van der Waals surface area contributed by atoms with E-state index < -0.39 is 4.92 Å². The van der Waals surface area contributed by atoms with Crippen LogP contribution in [0, 0.1) is 17.0 Å². The normalized spacial score (nSPS) is 16.5. The zero-order chi connectivity index (χ0) is 20.1. The van der Waals surface area contributed by atoms with E-state index in [0.29, 0.717) is 0 Å². The molecule has 0 unspecified atom stereocenters. The highest BCUT2D eigenvalue weighted by molar-refractivity contribution is 5.96. The Morgan fingerprint density at radius 2 is 1.86 bits per heavy atom. The molecule has 1 aliphatic heterocycles. The molecule has 2 aromatic carbocycles. The predicted molar refractivity (Wildman–Crippen MR) is 109 cm³/mol. The van der Waals surface area contributed by atoms with Crippen molar-refractivity contribution < 1.29 is 9.72 Å². The fraction of sp³-hybridized carbons (Fsp3) is 0.381. The van der Waals surface area contributed by atoms with Crippen LogP contribution < -0.4 is 5.32 Å². The van der Waals surface area contributed by atoms with Crippen LogP contribution in [0.3, 0.4) is 0 Å². The van der Waals surface area contributed by atoms with Gasteiger partial charge in [0.05, 0.1) is 11.0 Å². The summed E-state index contributed by atoms with van der Waals surface area (Å²) in [6.07, 6.45) is 0. The number of nitrogens with zero attached hydrogens (tertiary/aromatic N) is 3. The molecule has 2 aromatic rings. The molecule has 1 saturated heterocycles. The number of nitro groups is 1.